The lowest BCUT2D eigenvalue weighted by atomic mass is 10.2. The van der Waals surface area contributed by atoms with Crippen molar-refractivity contribution in [1.29, 1.82) is 0 Å². The van der Waals surface area contributed by atoms with Gasteiger partial charge in [0.2, 0.25) is 10.0 Å². The third kappa shape index (κ3) is 6.30. The van der Waals surface area contributed by atoms with Gasteiger partial charge in [0.25, 0.3) is 5.91 Å². The summed E-state index contributed by atoms with van der Waals surface area (Å²) in [5.41, 5.74) is 1.10. The smallest absolute Gasteiger partial charge is 0.411 e. The van der Waals surface area contributed by atoms with Crippen LogP contribution in [0.25, 0.3) is 0 Å². The number of hydrogen-bond acceptors (Lipinski definition) is 5. The van der Waals surface area contributed by atoms with Crippen molar-refractivity contribution in [1.82, 2.24) is 4.31 Å². The first-order valence-electron chi connectivity index (χ1n) is 8.97. The molecule has 0 aliphatic carbocycles. The van der Waals surface area contributed by atoms with Crippen molar-refractivity contribution in [2.24, 2.45) is 5.92 Å². The predicted molar refractivity (Wildman–Crippen MR) is 112 cm³/mol. The lowest BCUT2D eigenvalue weighted by Crippen LogP contribution is -2.22. The van der Waals surface area contributed by atoms with E-state index in [4.69, 9.17) is 4.74 Å². The number of benzene rings is 2. The van der Waals surface area contributed by atoms with Crippen LogP contribution in [-0.4, -0.2) is 45.4 Å². The van der Waals surface area contributed by atoms with E-state index in [0.29, 0.717) is 18.0 Å². The molecule has 0 aliphatic heterocycles. The van der Waals surface area contributed by atoms with Crippen molar-refractivity contribution in [2.45, 2.75) is 18.7 Å². The van der Waals surface area contributed by atoms with Gasteiger partial charge in [0, 0.05) is 31.0 Å². The summed E-state index contributed by atoms with van der Waals surface area (Å²) in [7, 11) is -0.799. The first kappa shape index (κ1) is 22.4. The molecule has 0 atom stereocenters. The van der Waals surface area contributed by atoms with Crippen LogP contribution in [0, 0.1) is 5.92 Å². The highest BCUT2D eigenvalue weighted by molar-refractivity contribution is 7.89. The molecule has 29 heavy (non-hydrogen) atoms. The number of rotatable bonds is 7. The molecule has 0 saturated heterocycles. The fraction of sp³-hybridized carbons (Fsp3) is 0.300. The van der Waals surface area contributed by atoms with Crippen LogP contribution in [-0.2, 0) is 14.8 Å². The van der Waals surface area contributed by atoms with E-state index >= 15 is 0 Å². The highest BCUT2D eigenvalue weighted by atomic mass is 32.2. The summed E-state index contributed by atoms with van der Waals surface area (Å²) >= 11 is 0. The molecule has 8 nitrogen and oxygen atoms in total. The topological polar surface area (TPSA) is 105 Å². The molecule has 0 spiro atoms. The zero-order valence-corrected chi connectivity index (χ0v) is 17.6. The van der Waals surface area contributed by atoms with Gasteiger partial charge in [-0.05, 0) is 42.3 Å². The highest BCUT2D eigenvalue weighted by Crippen LogP contribution is 2.19. The highest BCUT2D eigenvalue weighted by Gasteiger charge is 2.19. The van der Waals surface area contributed by atoms with E-state index in [-0.39, 0.29) is 16.4 Å². The maximum atomic E-state index is 12.5. The maximum absolute atomic E-state index is 12.5. The fourth-order valence-corrected chi connectivity index (χ4v) is 3.23. The molecule has 0 fully saturated rings. The van der Waals surface area contributed by atoms with Gasteiger partial charge < -0.3 is 10.1 Å². The minimum absolute atomic E-state index is 0.0264. The number of carbonyl (C=O) groups excluding carboxylic acids is 2. The number of hydrogen-bond donors (Lipinski definition) is 2. The van der Waals surface area contributed by atoms with E-state index in [0.717, 1.165) is 4.31 Å². The lowest BCUT2D eigenvalue weighted by molar-refractivity contribution is 0.102. The summed E-state index contributed by atoms with van der Waals surface area (Å²) in [6, 6.07) is 12.3. The summed E-state index contributed by atoms with van der Waals surface area (Å²) in [4.78, 5) is 24.3. The molecule has 2 aromatic carbocycles. The summed E-state index contributed by atoms with van der Waals surface area (Å²) in [5, 5.41) is 5.29. The van der Waals surface area contributed by atoms with Crippen molar-refractivity contribution in [3.8, 4) is 0 Å². The van der Waals surface area contributed by atoms with Crippen LogP contribution in [0.4, 0.5) is 16.2 Å². The average Bonchev–Trinajstić information content (AvgIpc) is 2.66. The van der Waals surface area contributed by atoms with E-state index in [2.05, 4.69) is 10.6 Å². The zero-order valence-electron chi connectivity index (χ0n) is 16.8. The molecule has 2 aromatic rings. The Hall–Kier alpha value is -2.91. The molecule has 0 heterocycles. The second-order valence-electron chi connectivity index (χ2n) is 6.97. The quantitative estimate of drug-likeness (QED) is 0.716. The van der Waals surface area contributed by atoms with Crippen LogP contribution < -0.4 is 10.6 Å². The zero-order chi connectivity index (χ0) is 21.6. The number of sulfonamides is 1. The van der Waals surface area contributed by atoms with Crippen molar-refractivity contribution < 1.29 is 22.7 Å². The standard InChI is InChI=1S/C20H25N3O5S/c1-14(2)13-28-20(25)22-17-9-6-8-16(12-17)21-19(24)15-7-5-10-18(11-15)29(26,27)23(3)4/h5-12,14H,13H2,1-4H3,(H,21,24)(H,22,25). The second kappa shape index (κ2) is 9.53. The van der Waals surface area contributed by atoms with Crippen LogP contribution in [0.1, 0.15) is 24.2 Å². The third-order valence-electron chi connectivity index (χ3n) is 3.79. The van der Waals surface area contributed by atoms with Gasteiger partial charge in [-0.15, -0.1) is 0 Å². The average molecular weight is 420 g/mol. The van der Waals surface area contributed by atoms with Gasteiger partial charge in [-0.1, -0.05) is 26.0 Å². The van der Waals surface area contributed by atoms with E-state index < -0.39 is 22.0 Å². The van der Waals surface area contributed by atoms with Gasteiger partial charge >= 0.3 is 6.09 Å². The molecule has 0 saturated carbocycles. The van der Waals surface area contributed by atoms with Crippen molar-refractivity contribution in [2.75, 3.05) is 31.3 Å². The Morgan fingerprint density at radius 2 is 1.62 bits per heavy atom. The van der Waals surface area contributed by atoms with Gasteiger partial charge in [0.05, 0.1) is 11.5 Å². The van der Waals surface area contributed by atoms with Crippen LogP contribution in [0.5, 0.6) is 0 Å². The Bertz CT molecular complexity index is 987. The van der Waals surface area contributed by atoms with E-state index in [1.807, 2.05) is 13.8 Å². The molecule has 2 N–H and O–H groups in total. The number of anilines is 2. The summed E-state index contributed by atoms with van der Waals surface area (Å²) < 4.78 is 30.6. The molecular weight excluding hydrogens is 394 g/mol. The third-order valence-corrected chi connectivity index (χ3v) is 5.60. The van der Waals surface area contributed by atoms with Gasteiger partial charge in [0.15, 0.2) is 0 Å². The summed E-state index contributed by atoms with van der Waals surface area (Å²) in [6.07, 6.45) is -0.580. The molecule has 0 aliphatic rings. The van der Waals surface area contributed by atoms with Crippen molar-refractivity contribution in [3.63, 3.8) is 0 Å². The minimum Gasteiger partial charge on any atom is -0.449 e. The largest absolute Gasteiger partial charge is 0.449 e. The Labute approximate surface area is 170 Å². The summed E-state index contributed by atoms with van der Waals surface area (Å²) in [6.45, 7) is 4.17. The Kier molecular flexibility index (Phi) is 7.35. The Balaban J connectivity index is 2.11. The number of nitrogens with zero attached hydrogens (tertiary/aromatic N) is 1. The SMILES string of the molecule is CC(C)COC(=O)Nc1cccc(NC(=O)c2cccc(S(=O)(=O)N(C)C)c2)c1. The van der Waals surface area contributed by atoms with Gasteiger partial charge in [-0.25, -0.2) is 17.5 Å². The first-order valence-corrected chi connectivity index (χ1v) is 10.4. The van der Waals surface area contributed by atoms with E-state index in [1.165, 1.54) is 38.4 Å². The number of nitrogens with one attached hydrogen (secondary N) is 2. The van der Waals surface area contributed by atoms with Crippen LogP contribution in [0.2, 0.25) is 0 Å². The van der Waals surface area contributed by atoms with E-state index in [9.17, 15) is 18.0 Å². The van der Waals surface area contributed by atoms with Gasteiger partial charge in [-0.2, -0.15) is 0 Å². The molecule has 9 heteroatoms. The first-order chi connectivity index (χ1) is 13.6. The molecule has 0 aromatic heterocycles. The monoisotopic (exact) mass is 419 g/mol. The van der Waals surface area contributed by atoms with Crippen molar-refractivity contribution in [3.05, 3.63) is 54.1 Å². The normalized spacial score (nSPS) is 11.4. The lowest BCUT2D eigenvalue weighted by Gasteiger charge is -2.13. The molecule has 2 rings (SSSR count). The fourth-order valence-electron chi connectivity index (χ4n) is 2.28. The molecule has 156 valence electrons. The second-order valence-corrected chi connectivity index (χ2v) is 9.12. The Morgan fingerprint density at radius 3 is 2.24 bits per heavy atom. The van der Waals surface area contributed by atoms with Crippen molar-refractivity contribution >= 4 is 33.4 Å². The summed E-state index contributed by atoms with van der Waals surface area (Å²) in [5.74, 6) is -0.251. The molecule has 2 amide bonds. The number of ether oxygens (including phenoxy) is 1. The van der Waals surface area contributed by atoms with Gasteiger partial charge in [0.1, 0.15) is 0 Å². The molecule has 0 bridgehead atoms. The number of amides is 2. The van der Waals surface area contributed by atoms with Gasteiger partial charge in [-0.3, -0.25) is 10.1 Å². The minimum atomic E-state index is -3.65. The number of carbonyl (C=O) groups is 2. The predicted octanol–water partition coefficient (Wildman–Crippen LogP) is 3.39. The molecular formula is C20H25N3O5S. The van der Waals surface area contributed by atoms with Crippen LogP contribution in [0.15, 0.2) is 53.4 Å². The van der Waals surface area contributed by atoms with Crippen LogP contribution in [0.3, 0.4) is 0 Å². The Morgan fingerprint density at radius 1 is 1.00 bits per heavy atom. The van der Waals surface area contributed by atoms with Crippen LogP contribution >= 0.6 is 0 Å². The maximum Gasteiger partial charge on any atom is 0.411 e. The molecule has 0 unspecified atom stereocenters. The molecule has 0 radical (unpaired) electrons. The van der Waals surface area contributed by atoms with E-state index in [1.54, 1.807) is 24.3 Å².